The summed E-state index contributed by atoms with van der Waals surface area (Å²) >= 11 is 1.54. The number of rotatable bonds is 2. The van der Waals surface area contributed by atoms with E-state index in [1.807, 2.05) is 36.6 Å². The second-order valence-electron chi connectivity index (χ2n) is 5.55. The number of aromatic nitrogens is 4. The number of nitrogens with zero attached hydrogens (tertiary/aromatic N) is 4. The Bertz CT molecular complexity index is 1100. The number of hydrogen-bond acceptors (Lipinski definition) is 5. The quantitative estimate of drug-likeness (QED) is 0.563. The molecule has 0 aliphatic rings. The monoisotopic (exact) mass is 334 g/mol. The molecule has 24 heavy (non-hydrogen) atoms. The van der Waals surface area contributed by atoms with Crippen LogP contribution < -0.4 is 5.56 Å². The minimum atomic E-state index is -0.0902. The first-order valence-electron chi connectivity index (χ1n) is 7.47. The summed E-state index contributed by atoms with van der Waals surface area (Å²) in [6, 6.07) is 7.73. The molecule has 0 atom stereocenters. The smallest absolute Gasteiger partial charge is 0.267 e. The maximum absolute atomic E-state index is 12.7. The fourth-order valence-corrected chi connectivity index (χ4v) is 3.85. The third kappa shape index (κ3) is 2.32. The molecule has 0 unspecified atom stereocenters. The predicted molar refractivity (Wildman–Crippen MR) is 96.1 cm³/mol. The van der Waals surface area contributed by atoms with Gasteiger partial charge in [0, 0.05) is 47.8 Å². The van der Waals surface area contributed by atoms with Gasteiger partial charge in [0.2, 0.25) is 0 Å². The fourth-order valence-electron chi connectivity index (χ4n) is 2.77. The average molecular weight is 334 g/mol. The molecule has 0 aliphatic heterocycles. The maximum Gasteiger partial charge on any atom is 0.275 e. The van der Waals surface area contributed by atoms with Crippen LogP contribution in [0.25, 0.3) is 32.5 Å². The van der Waals surface area contributed by atoms with Crippen molar-refractivity contribution >= 4 is 21.4 Å². The van der Waals surface area contributed by atoms with Crippen molar-refractivity contribution in [3.05, 3.63) is 64.3 Å². The minimum Gasteiger partial charge on any atom is -0.267 e. The van der Waals surface area contributed by atoms with E-state index in [1.165, 1.54) is 4.68 Å². The molecule has 0 N–H and O–H groups in total. The van der Waals surface area contributed by atoms with Crippen molar-refractivity contribution in [1.82, 2.24) is 19.7 Å². The average Bonchev–Trinajstić information content (AvgIpc) is 3.04. The first-order chi connectivity index (χ1) is 11.6. The standard InChI is InChI=1S/C18H14N4OS/c1-11-9-13(5-8-20-11)16-17-15(18(23)22(2)21-16)14(10-24-17)12-3-6-19-7-4-12/h3-10H,1-2H3. The van der Waals surface area contributed by atoms with Crippen LogP contribution in [-0.4, -0.2) is 19.7 Å². The van der Waals surface area contributed by atoms with E-state index in [0.29, 0.717) is 5.39 Å². The number of thiophene rings is 1. The Labute approximate surface area is 142 Å². The Balaban J connectivity index is 2.07. The van der Waals surface area contributed by atoms with Crippen LogP contribution in [-0.2, 0) is 7.05 Å². The van der Waals surface area contributed by atoms with Gasteiger partial charge in [-0.05, 0) is 36.8 Å². The van der Waals surface area contributed by atoms with Gasteiger partial charge in [0.05, 0.1) is 10.1 Å². The summed E-state index contributed by atoms with van der Waals surface area (Å²) in [5.41, 5.74) is 4.51. The molecule has 4 aromatic rings. The van der Waals surface area contributed by atoms with Crippen LogP contribution in [0.1, 0.15) is 5.69 Å². The highest BCUT2D eigenvalue weighted by Gasteiger charge is 2.17. The summed E-state index contributed by atoms with van der Waals surface area (Å²) in [7, 11) is 1.69. The first kappa shape index (κ1) is 14.7. The third-order valence-electron chi connectivity index (χ3n) is 3.93. The molecule has 0 saturated heterocycles. The Morgan fingerprint density at radius 1 is 1.08 bits per heavy atom. The molecule has 0 amide bonds. The van der Waals surface area contributed by atoms with Crippen LogP contribution in [0.15, 0.2) is 53.0 Å². The highest BCUT2D eigenvalue weighted by atomic mass is 32.1. The normalized spacial score (nSPS) is 11.1. The van der Waals surface area contributed by atoms with Gasteiger partial charge in [-0.25, -0.2) is 4.68 Å². The van der Waals surface area contributed by atoms with Gasteiger partial charge in [-0.2, -0.15) is 5.10 Å². The van der Waals surface area contributed by atoms with E-state index in [2.05, 4.69) is 15.1 Å². The Kier molecular flexibility index (Phi) is 3.46. The van der Waals surface area contributed by atoms with Crippen molar-refractivity contribution in [2.45, 2.75) is 6.92 Å². The van der Waals surface area contributed by atoms with Crippen LogP contribution in [0.2, 0.25) is 0 Å². The molecule has 0 bridgehead atoms. The highest BCUT2D eigenvalue weighted by Crippen LogP contribution is 2.36. The van der Waals surface area contributed by atoms with Crippen molar-refractivity contribution in [2.24, 2.45) is 7.05 Å². The van der Waals surface area contributed by atoms with Crippen LogP contribution >= 0.6 is 11.3 Å². The Morgan fingerprint density at radius 2 is 1.83 bits per heavy atom. The van der Waals surface area contributed by atoms with E-state index in [4.69, 9.17) is 0 Å². The summed E-state index contributed by atoms with van der Waals surface area (Å²) in [6.45, 7) is 1.94. The molecule has 4 aromatic heterocycles. The molecule has 0 spiro atoms. The lowest BCUT2D eigenvalue weighted by molar-refractivity contribution is 0.723. The highest BCUT2D eigenvalue weighted by molar-refractivity contribution is 7.18. The van der Waals surface area contributed by atoms with Crippen molar-refractivity contribution < 1.29 is 0 Å². The van der Waals surface area contributed by atoms with Gasteiger partial charge in [-0.15, -0.1) is 11.3 Å². The summed E-state index contributed by atoms with van der Waals surface area (Å²) in [6.07, 6.45) is 5.23. The SMILES string of the molecule is Cc1cc(-c2nn(C)c(=O)c3c(-c4ccncc4)csc23)ccn1. The number of pyridine rings is 2. The molecule has 5 nitrogen and oxygen atoms in total. The molecule has 4 rings (SSSR count). The Hall–Kier alpha value is -2.86. The summed E-state index contributed by atoms with van der Waals surface area (Å²) in [5, 5.41) is 7.21. The molecule has 0 saturated carbocycles. The molecular formula is C18H14N4OS. The summed E-state index contributed by atoms with van der Waals surface area (Å²) in [4.78, 5) is 21.0. The van der Waals surface area contributed by atoms with E-state index in [9.17, 15) is 4.79 Å². The van der Waals surface area contributed by atoms with E-state index in [-0.39, 0.29) is 5.56 Å². The predicted octanol–water partition coefficient (Wildman–Crippen LogP) is 3.43. The maximum atomic E-state index is 12.7. The molecule has 0 aromatic carbocycles. The van der Waals surface area contributed by atoms with Crippen molar-refractivity contribution in [2.75, 3.05) is 0 Å². The summed E-state index contributed by atoms with van der Waals surface area (Å²) < 4.78 is 2.31. The molecular weight excluding hydrogens is 320 g/mol. The van der Waals surface area contributed by atoms with Gasteiger partial charge in [0.25, 0.3) is 5.56 Å². The molecule has 4 heterocycles. The van der Waals surface area contributed by atoms with Gasteiger partial charge in [-0.1, -0.05) is 0 Å². The van der Waals surface area contributed by atoms with E-state index in [0.717, 1.165) is 32.8 Å². The van der Waals surface area contributed by atoms with Crippen molar-refractivity contribution in [1.29, 1.82) is 0 Å². The van der Waals surface area contributed by atoms with Crippen LogP contribution in [0.3, 0.4) is 0 Å². The lowest BCUT2D eigenvalue weighted by Gasteiger charge is -2.07. The van der Waals surface area contributed by atoms with Gasteiger partial charge in [-0.3, -0.25) is 14.8 Å². The van der Waals surface area contributed by atoms with Gasteiger partial charge >= 0.3 is 0 Å². The van der Waals surface area contributed by atoms with Gasteiger partial charge in [0.15, 0.2) is 0 Å². The fraction of sp³-hybridized carbons (Fsp3) is 0.111. The zero-order valence-corrected chi connectivity index (χ0v) is 14.0. The molecule has 0 fully saturated rings. The third-order valence-corrected chi connectivity index (χ3v) is 4.91. The van der Waals surface area contributed by atoms with Crippen LogP contribution in [0.4, 0.5) is 0 Å². The van der Waals surface area contributed by atoms with Gasteiger partial charge in [0.1, 0.15) is 5.69 Å². The van der Waals surface area contributed by atoms with Crippen LogP contribution in [0, 0.1) is 6.92 Å². The first-order valence-corrected chi connectivity index (χ1v) is 8.35. The van der Waals surface area contributed by atoms with Crippen molar-refractivity contribution in [3.8, 4) is 22.4 Å². The topological polar surface area (TPSA) is 60.7 Å². The largest absolute Gasteiger partial charge is 0.275 e. The zero-order valence-electron chi connectivity index (χ0n) is 13.2. The second-order valence-corrected chi connectivity index (χ2v) is 6.43. The van der Waals surface area contributed by atoms with E-state index in [1.54, 1.807) is 37.0 Å². The molecule has 0 aliphatic carbocycles. The minimum absolute atomic E-state index is 0.0902. The molecule has 0 radical (unpaired) electrons. The molecule has 6 heteroatoms. The van der Waals surface area contributed by atoms with E-state index < -0.39 is 0 Å². The number of fused-ring (bicyclic) bond motifs is 1. The van der Waals surface area contributed by atoms with Crippen LogP contribution in [0.5, 0.6) is 0 Å². The van der Waals surface area contributed by atoms with Crippen molar-refractivity contribution in [3.63, 3.8) is 0 Å². The lowest BCUT2D eigenvalue weighted by atomic mass is 10.1. The molecule has 118 valence electrons. The van der Waals surface area contributed by atoms with E-state index >= 15 is 0 Å². The van der Waals surface area contributed by atoms with Gasteiger partial charge < -0.3 is 0 Å². The lowest BCUT2D eigenvalue weighted by Crippen LogP contribution is -2.20. The summed E-state index contributed by atoms with van der Waals surface area (Å²) in [5.74, 6) is 0. The number of aryl methyl sites for hydroxylation is 2. The Morgan fingerprint density at radius 3 is 2.58 bits per heavy atom. The second kappa shape index (κ2) is 5.65. The zero-order chi connectivity index (χ0) is 16.7. The number of hydrogen-bond donors (Lipinski definition) is 0.